The van der Waals surface area contributed by atoms with E-state index in [1.165, 1.54) is 4.68 Å². The number of nitrogens with zero attached hydrogens (tertiary/aromatic N) is 3. The fraction of sp³-hybridized carbons (Fsp3) is 0.636. The van der Waals surface area contributed by atoms with Crippen LogP contribution in [0.1, 0.15) is 13.8 Å². The van der Waals surface area contributed by atoms with Crippen LogP contribution in [0.25, 0.3) is 0 Å². The number of nitrogens with two attached hydrogens (primary N) is 1. The number of rotatable bonds is 5. The van der Waals surface area contributed by atoms with Crippen molar-refractivity contribution in [2.45, 2.75) is 20.4 Å². The van der Waals surface area contributed by atoms with Gasteiger partial charge < -0.3 is 10.6 Å². The molecule has 0 atom stereocenters. The van der Waals surface area contributed by atoms with E-state index in [1.807, 2.05) is 25.8 Å². The lowest BCUT2D eigenvalue weighted by Gasteiger charge is -2.19. The molecule has 96 valence electrons. The van der Waals surface area contributed by atoms with E-state index in [0.29, 0.717) is 31.2 Å². The third-order valence-corrected chi connectivity index (χ3v) is 2.74. The second-order valence-electron chi connectivity index (χ2n) is 4.44. The first-order valence-electron chi connectivity index (χ1n) is 5.64. The summed E-state index contributed by atoms with van der Waals surface area (Å²) in [6, 6.07) is 0. The second-order valence-corrected chi connectivity index (χ2v) is 4.81. The van der Waals surface area contributed by atoms with Crippen molar-refractivity contribution >= 4 is 17.3 Å². The van der Waals surface area contributed by atoms with Gasteiger partial charge >= 0.3 is 0 Å². The van der Waals surface area contributed by atoms with Crippen LogP contribution >= 0.6 is 11.6 Å². The SMILES string of the molecule is CC(C)Cn1ncc(N(C)CCN)c(Cl)c1=O. The van der Waals surface area contributed by atoms with Crippen molar-refractivity contribution in [2.75, 3.05) is 25.0 Å². The van der Waals surface area contributed by atoms with Crippen LogP contribution in [-0.4, -0.2) is 29.9 Å². The highest BCUT2D eigenvalue weighted by Crippen LogP contribution is 2.19. The summed E-state index contributed by atoms with van der Waals surface area (Å²) in [7, 11) is 1.84. The van der Waals surface area contributed by atoms with Gasteiger partial charge in [0.25, 0.3) is 5.56 Å². The average Bonchev–Trinajstić information content (AvgIpc) is 2.24. The van der Waals surface area contributed by atoms with Gasteiger partial charge in [0.15, 0.2) is 0 Å². The summed E-state index contributed by atoms with van der Waals surface area (Å²) in [4.78, 5) is 13.8. The summed E-state index contributed by atoms with van der Waals surface area (Å²) < 4.78 is 1.40. The predicted molar refractivity (Wildman–Crippen MR) is 70.7 cm³/mol. The van der Waals surface area contributed by atoms with Crippen LogP contribution in [0.4, 0.5) is 5.69 Å². The summed E-state index contributed by atoms with van der Waals surface area (Å²) in [5.74, 6) is 0.351. The number of aromatic nitrogens is 2. The topological polar surface area (TPSA) is 64.2 Å². The minimum Gasteiger partial charge on any atom is -0.371 e. The molecule has 0 aliphatic rings. The molecule has 0 aliphatic carbocycles. The summed E-state index contributed by atoms with van der Waals surface area (Å²) in [6.07, 6.45) is 1.61. The monoisotopic (exact) mass is 258 g/mol. The fourth-order valence-electron chi connectivity index (χ4n) is 1.51. The van der Waals surface area contributed by atoms with Crippen molar-refractivity contribution in [3.05, 3.63) is 21.6 Å². The molecule has 1 aromatic rings. The lowest BCUT2D eigenvalue weighted by Crippen LogP contribution is -2.30. The summed E-state index contributed by atoms with van der Waals surface area (Å²) in [5, 5.41) is 4.32. The summed E-state index contributed by atoms with van der Waals surface area (Å²) >= 11 is 6.06. The third-order valence-electron chi connectivity index (χ3n) is 2.38. The molecular formula is C11H19ClN4O. The van der Waals surface area contributed by atoms with Crippen LogP contribution < -0.4 is 16.2 Å². The van der Waals surface area contributed by atoms with E-state index in [0.717, 1.165) is 0 Å². The standard InChI is InChI=1S/C11H19ClN4O/c1-8(2)7-16-11(17)10(12)9(6-14-16)15(3)5-4-13/h6,8H,4-5,7,13H2,1-3H3. The molecule has 0 aromatic carbocycles. The van der Waals surface area contributed by atoms with Crippen LogP contribution in [0, 0.1) is 5.92 Å². The zero-order valence-corrected chi connectivity index (χ0v) is 11.2. The zero-order chi connectivity index (χ0) is 13.0. The van der Waals surface area contributed by atoms with Gasteiger partial charge in [0.1, 0.15) is 5.02 Å². The molecule has 0 unspecified atom stereocenters. The number of anilines is 1. The van der Waals surface area contributed by atoms with Crippen molar-refractivity contribution < 1.29 is 0 Å². The van der Waals surface area contributed by atoms with Crippen LogP contribution in [0.15, 0.2) is 11.0 Å². The van der Waals surface area contributed by atoms with E-state index in [2.05, 4.69) is 5.10 Å². The highest BCUT2D eigenvalue weighted by Gasteiger charge is 2.12. The Hall–Kier alpha value is -1.07. The van der Waals surface area contributed by atoms with Crippen LogP contribution in [0.3, 0.4) is 0 Å². The molecule has 1 rings (SSSR count). The molecule has 0 saturated heterocycles. The number of halogens is 1. The lowest BCUT2D eigenvalue weighted by molar-refractivity contribution is 0.463. The molecule has 0 fully saturated rings. The van der Waals surface area contributed by atoms with Gasteiger partial charge in [0.05, 0.1) is 11.9 Å². The van der Waals surface area contributed by atoms with Crippen LogP contribution in [-0.2, 0) is 6.54 Å². The van der Waals surface area contributed by atoms with Gasteiger partial charge in [-0.2, -0.15) is 5.10 Å². The Balaban J connectivity index is 3.06. The molecule has 0 aliphatic heterocycles. The van der Waals surface area contributed by atoms with E-state index >= 15 is 0 Å². The van der Waals surface area contributed by atoms with Gasteiger partial charge in [-0.25, -0.2) is 4.68 Å². The molecule has 0 bridgehead atoms. The van der Waals surface area contributed by atoms with Crippen molar-refractivity contribution in [2.24, 2.45) is 11.7 Å². The van der Waals surface area contributed by atoms with Crippen molar-refractivity contribution in [1.82, 2.24) is 9.78 Å². The highest BCUT2D eigenvalue weighted by atomic mass is 35.5. The van der Waals surface area contributed by atoms with Gasteiger partial charge in [0, 0.05) is 26.7 Å². The normalized spacial score (nSPS) is 10.9. The smallest absolute Gasteiger partial charge is 0.287 e. The third kappa shape index (κ3) is 3.44. The van der Waals surface area contributed by atoms with Crippen molar-refractivity contribution in [1.29, 1.82) is 0 Å². The number of hydrogen-bond donors (Lipinski definition) is 1. The molecule has 6 heteroatoms. The van der Waals surface area contributed by atoms with E-state index in [4.69, 9.17) is 17.3 Å². The maximum absolute atomic E-state index is 11.9. The van der Waals surface area contributed by atoms with E-state index < -0.39 is 0 Å². The maximum atomic E-state index is 11.9. The van der Waals surface area contributed by atoms with Crippen LogP contribution in [0.5, 0.6) is 0 Å². The molecule has 0 saturated carbocycles. The molecule has 2 N–H and O–H groups in total. The molecule has 17 heavy (non-hydrogen) atoms. The van der Waals surface area contributed by atoms with Gasteiger partial charge in [-0.05, 0) is 5.92 Å². The minimum absolute atomic E-state index is 0.205. The largest absolute Gasteiger partial charge is 0.371 e. The highest BCUT2D eigenvalue weighted by molar-refractivity contribution is 6.33. The average molecular weight is 259 g/mol. The molecular weight excluding hydrogens is 240 g/mol. The summed E-state index contributed by atoms with van der Waals surface area (Å²) in [6.45, 7) is 5.75. The number of hydrogen-bond acceptors (Lipinski definition) is 4. The van der Waals surface area contributed by atoms with Crippen molar-refractivity contribution in [3.8, 4) is 0 Å². The quantitative estimate of drug-likeness (QED) is 0.854. The fourth-order valence-corrected chi connectivity index (χ4v) is 1.80. The van der Waals surface area contributed by atoms with Gasteiger partial charge in [-0.3, -0.25) is 4.79 Å². The first kappa shape index (κ1) is 14.0. The molecule has 1 aromatic heterocycles. The lowest BCUT2D eigenvalue weighted by atomic mass is 10.2. The van der Waals surface area contributed by atoms with Gasteiger partial charge in [-0.1, -0.05) is 25.4 Å². The Labute approximate surface area is 106 Å². The Morgan fingerprint density at radius 2 is 2.24 bits per heavy atom. The zero-order valence-electron chi connectivity index (χ0n) is 10.5. The van der Waals surface area contributed by atoms with E-state index in [1.54, 1.807) is 6.20 Å². The molecule has 0 radical (unpaired) electrons. The van der Waals surface area contributed by atoms with Gasteiger partial charge in [0.2, 0.25) is 0 Å². The first-order chi connectivity index (χ1) is 7.97. The number of likely N-dealkylation sites (N-methyl/N-ethyl adjacent to an activating group) is 1. The minimum atomic E-state index is -0.248. The Bertz CT molecular complexity index is 430. The molecule has 0 amide bonds. The summed E-state index contributed by atoms with van der Waals surface area (Å²) in [5.41, 5.74) is 5.84. The van der Waals surface area contributed by atoms with Crippen LogP contribution in [0.2, 0.25) is 5.02 Å². The molecule has 5 nitrogen and oxygen atoms in total. The Kier molecular flexibility index (Phi) is 4.96. The Morgan fingerprint density at radius 3 is 2.76 bits per heavy atom. The maximum Gasteiger partial charge on any atom is 0.287 e. The van der Waals surface area contributed by atoms with E-state index in [9.17, 15) is 4.79 Å². The van der Waals surface area contributed by atoms with E-state index in [-0.39, 0.29) is 10.6 Å². The first-order valence-corrected chi connectivity index (χ1v) is 6.02. The Morgan fingerprint density at radius 1 is 1.59 bits per heavy atom. The van der Waals surface area contributed by atoms with Crippen molar-refractivity contribution in [3.63, 3.8) is 0 Å². The predicted octanol–water partition coefficient (Wildman–Crippen LogP) is 0.948. The second kappa shape index (κ2) is 6.02. The molecule has 1 heterocycles. The van der Waals surface area contributed by atoms with Gasteiger partial charge in [-0.15, -0.1) is 0 Å². The molecule has 0 spiro atoms.